The lowest BCUT2D eigenvalue weighted by atomic mass is 10.1. The molecule has 2 heterocycles. The van der Waals surface area contributed by atoms with Crippen LogP contribution in [0.1, 0.15) is 28.4 Å². The number of nitrogens with zero attached hydrogens (tertiary/aromatic N) is 2. The van der Waals surface area contributed by atoms with Gasteiger partial charge in [-0.15, -0.1) is 0 Å². The number of benzene rings is 2. The van der Waals surface area contributed by atoms with Crippen LogP contribution in [-0.4, -0.2) is 45.7 Å². The molecule has 1 atom stereocenters. The highest BCUT2D eigenvalue weighted by atomic mass is 32.2. The van der Waals surface area contributed by atoms with Crippen molar-refractivity contribution >= 4 is 33.3 Å². The molecule has 0 radical (unpaired) electrons. The van der Waals surface area contributed by atoms with Gasteiger partial charge in [-0.05, 0) is 55.2 Å². The fourth-order valence-corrected chi connectivity index (χ4v) is 5.38. The molecule has 8 heteroatoms. The van der Waals surface area contributed by atoms with E-state index < -0.39 is 16.0 Å². The van der Waals surface area contributed by atoms with Crippen LogP contribution in [0.15, 0.2) is 42.5 Å². The summed E-state index contributed by atoms with van der Waals surface area (Å²) < 4.78 is 30.6. The van der Waals surface area contributed by atoms with E-state index in [9.17, 15) is 18.0 Å². The average molecular weight is 414 g/mol. The molecule has 0 bridgehead atoms. The van der Waals surface area contributed by atoms with E-state index in [0.717, 1.165) is 23.2 Å². The predicted molar refractivity (Wildman–Crippen MR) is 110 cm³/mol. The maximum absolute atomic E-state index is 12.5. The van der Waals surface area contributed by atoms with Gasteiger partial charge in [0.2, 0.25) is 10.0 Å². The third kappa shape index (κ3) is 3.60. The summed E-state index contributed by atoms with van der Waals surface area (Å²) in [4.78, 5) is 26.6. The molecule has 0 unspecified atom stereocenters. The van der Waals surface area contributed by atoms with Crippen LogP contribution in [-0.2, 0) is 32.4 Å². The van der Waals surface area contributed by atoms with Crippen molar-refractivity contribution in [2.24, 2.45) is 0 Å². The highest BCUT2D eigenvalue weighted by Crippen LogP contribution is 2.35. The summed E-state index contributed by atoms with van der Waals surface area (Å²) in [6.07, 6.45) is 2.48. The Morgan fingerprint density at radius 1 is 1.10 bits per heavy atom. The van der Waals surface area contributed by atoms with Gasteiger partial charge in [0.05, 0.1) is 17.5 Å². The summed E-state index contributed by atoms with van der Waals surface area (Å²) in [6.45, 7) is 2.06. The van der Waals surface area contributed by atoms with E-state index in [4.69, 9.17) is 4.74 Å². The SMILES string of the molecule is C[C@@H]1Cc2cc(C(=O)OCC(=O)N3CCc4ccccc43)ccc2N1S(C)(=O)=O. The van der Waals surface area contributed by atoms with Crippen molar-refractivity contribution in [3.8, 4) is 0 Å². The minimum atomic E-state index is -3.39. The predicted octanol–water partition coefficient (Wildman–Crippen LogP) is 2.14. The van der Waals surface area contributed by atoms with Crippen LogP contribution in [0.3, 0.4) is 0 Å². The second-order valence-electron chi connectivity index (χ2n) is 7.46. The molecule has 0 fully saturated rings. The van der Waals surface area contributed by atoms with Gasteiger partial charge < -0.3 is 9.64 Å². The number of esters is 1. The van der Waals surface area contributed by atoms with Crippen molar-refractivity contribution in [2.45, 2.75) is 25.8 Å². The molecule has 2 aromatic rings. The van der Waals surface area contributed by atoms with E-state index in [1.807, 2.05) is 31.2 Å². The van der Waals surface area contributed by atoms with Crippen molar-refractivity contribution in [1.82, 2.24) is 0 Å². The third-order valence-electron chi connectivity index (χ3n) is 5.34. The maximum Gasteiger partial charge on any atom is 0.338 e. The topological polar surface area (TPSA) is 84.0 Å². The van der Waals surface area contributed by atoms with Crippen LogP contribution < -0.4 is 9.21 Å². The number of hydrogen-bond donors (Lipinski definition) is 0. The Hall–Kier alpha value is -2.87. The summed E-state index contributed by atoms with van der Waals surface area (Å²) in [6, 6.07) is 12.3. The van der Waals surface area contributed by atoms with Crippen LogP contribution >= 0.6 is 0 Å². The van der Waals surface area contributed by atoms with Gasteiger partial charge in [0, 0.05) is 18.3 Å². The summed E-state index contributed by atoms with van der Waals surface area (Å²) in [5.74, 6) is -0.861. The summed E-state index contributed by atoms with van der Waals surface area (Å²) in [5.41, 5.74) is 3.63. The molecule has 2 aliphatic heterocycles. The monoisotopic (exact) mass is 414 g/mol. The number of amides is 1. The Morgan fingerprint density at radius 3 is 2.62 bits per heavy atom. The first-order valence-electron chi connectivity index (χ1n) is 9.43. The van der Waals surface area contributed by atoms with E-state index in [1.165, 1.54) is 16.6 Å². The van der Waals surface area contributed by atoms with Crippen LogP contribution in [0.5, 0.6) is 0 Å². The number of sulfonamides is 1. The molecule has 0 spiro atoms. The second-order valence-corrected chi connectivity index (χ2v) is 9.32. The van der Waals surface area contributed by atoms with Crippen molar-refractivity contribution in [2.75, 3.05) is 28.6 Å². The fraction of sp³-hybridized carbons (Fsp3) is 0.333. The molecular weight excluding hydrogens is 392 g/mol. The van der Waals surface area contributed by atoms with Crippen LogP contribution in [0.4, 0.5) is 11.4 Å². The molecule has 0 saturated carbocycles. The molecule has 2 aromatic carbocycles. The van der Waals surface area contributed by atoms with E-state index in [2.05, 4.69) is 0 Å². The maximum atomic E-state index is 12.5. The second kappa shape index (κ2) is 7.18. The number of para-hydroxylation sites is 1. The molecule has 1 amide bonds. The van der Waals surface area contributed by atoms with E-state index in [-0.39, 0.29) is 18.6 Å². The first-order chi connectivity index (χ1) is 13.8. The van der Waals surface area contributed by atoms with Gasteiger partial charge in [0.25, 0.3) is 5.91 Å². The van der Waals surface area contributed by atoms with Gasteiger partial charge >= 0.3 is 5.97 Å². The first kappa shape index (κ1) is 19.4. The van der Waals surface area contributed by atoms with Gasteiger partial charge in [0.15, 0.2) is 6.61 Å². The van der Waals surface area contributed by atoms with Gasteiger partial charge in [0.1, 0.15) is 0 Å². The van der Waals surface area contributed by atoms with Crippen molar-refractivity contribution in [3.05, 3.63) is 59.2 Å². The Labute approximate surface area is 169 Å². The van der Waals surface area contributed by atoms with Gasteiger partial charge in [-0.3, -0.25) is 9.10 Å². The van der Waals surface area contributed by atoms with Crippen molar-refractivity contribution in [1.29, 1.82) is 0 Å². The molecule has 2 aliphatic rings. The quantitative estimate of drug-likeness (QED) is 0.716. The summed E-state index contributed by atoms with van der Waals surface area (Å²) in [7, 11) is -3.39. The normalized spacial score (nSPS) is 17.8. The smallest absolute Gasteiger partial charge is 0.338 e. The number of rotatable bonds is 4. The highest BCUT2D eigenvalue weighted by molar-refractivity contribution is 7.92. The standard InChI is InChI=1S/C21H22N2O5S/c1-14-11-17-12-16(7-8-19(17)23(14)29(2,26)27)21(25)28-13-20(24)22-10-9-15-5-3-4-6-18(15)22/h3-8,12,14H,9-11,13H2,1-2H3/t14-/m1/s1. The van der Waals surface area contributed by atoms with Gasteiger partial charge in [-0.1, -0.05) is 18.2 Å². The van der Waals surface area contributed by atoms with Crippen molar-refractivity contribution in [3.63, 3.8) is 0 Å². The molecule has 29 heavy (non-hydrogen) atoms. The first-order valence-corrected chi connectivity index (χ1v) is 11.3. The lowest BCUT2D eigenvalue weighted by molar-refractivity contribution is -0.121. The fourth-order valence-electron chi connectivity index (χ4n) is 4.12. The largest absolute Gasteiger partial charge is 0.452 e. The third-order valence-corrected chi connectivity index (χ3v) is 6.61. The molecule has 0 N–H and O–H groups in total. The average Bonchev–Trinajstić information content (AvgIpc) is 3.24. The Bertz CT molecular complexity index is 1100. The number of anilines is 2. The zero-order valence-electron chi connectivity index (χ0n) is 16.3. The number of carbonyl (C=O) groups is 2. The Morgan fingerprint density at radius 2 is 1.86 bits per heavy atom. The molecule has 0 aromatic heterocycles. The van der Waals surface area contributed by atoms with E-state index >= 15 is 0 Å². The highest BCUT2D eigenvalue weighted by Gasteiger charge is 2.33. The zero-order chi connectivity index (χ0) is 20.8. The molecule has 4 rings (SSSR count). The molecule has 0 saturated heterocycles. The number of ether oxygens (including phenoxy) is 1. The summed E-state index contributed by atoms with van der Waals surface area (Å²) >= 11 is 0. The number of hydrogen-bond acceptors (Lipinski definition) is 5. The number of fused-ring (bicyclic) bond motifs is 2. The Kier molecular flexibility index (Phi) is 4.82. The van der Waals surface area contributed by atoms with E-state index in [0.29, 0.717) is 24.2 Å². The number of carbonyl (C=O) groups excluding carboxylic acids is 2. The molecule has 0 aliphatic carbocycles. The lowest BCUT2D eigenvalue weighted by Crippen LogP contribution is -2.34. The van der Waals surface area contributed by atoms with Crippen molar-refractivity contribution < 1.29 is 22.7 Å². The van der Waals surface area contributed by atoms with Crippen LogP contribution in [0.25, 0.3) is 0 Å². The minimum absolute atomic E-state index is 0.205. The minimum Gasteiger partial charge on any atom is -0.452 e. The lowest BCUT2D eigenvalue weighted by Gasteiger charge is -2.21. The molecule has 7 nitrogen and oxygen atoms in total. The zero-order valence-corrected chi connectivity index (χ0v) is 17.1. The van der Waals surface area contributed by atoms with Gasteiger partial charge in [-0.2, -0.15) is 0 Å². The van der Waals surface area contributed by atoms with Gasteiger partial charge in [-0.25, -0.2) is 13.2 Å². The van der Waals surface area contributed by atoms with Crippen LogP contribution in [0.2, 0.25) is 0 Å². The summed E-state index contributed by atoms with van der Waals surface area (Å²) in [5, 5.41) is 0. The van der Waals surface area contributed by atoms with E-state index in [1.54, 1.807) is 17.0 Å². The van der Waals surface area contributed by atoms with Crippen LogP contribution in [0, 0.1) is 0 Å². The molecule has 152 valence electrons. The Balaban J connectivity index is 1.44. The molecular formula is C21H22N2O5S.